The van der Waals surface area contributed by atoms with E-state index in [4.69, 9.17) is 4.74 Å². The van der Waals surface area contributed by atoms with Crippen LogP contribution in [0.3, 0.4) is 0 Å². The Morgan fingerprint density at radius 2 is 2.25 bits per heavy atom. The lowest BCUT2D eigenvalue weighted by molar-refractivity contribution is 0.250. The highest BCUT2D eigenvalue weighted by atomic mass is 16.5. The van der Waals surface area contributed by atoms with Crippen LogP contribution in [-0.2, 0) is 4.74 Å². The van der Waals surface area contributed by atoms with Crippen LogP contribution in [0.5, 0.6) is 0 Å². The van der Waals surface area contributed by atoms with Gasteiger partial charge in [-0.3, -0.25) is 0 Å². The molecule has 0 radical (unpaired) electrons. The van der Waals surface area contributed by atoms with Crippen molar-refractivity contribution >= 4 is 0 Å². The number of hydrogen-bond donors (Lipinski definition) is 1. The SMILES string of the molecule is CNCCO/C=C/CC1(C)C=C1. The van der Waals surface area contributed by atoms with E-state index in [-0.39, 0.29) is 0 Å². The first kappa shape index (κ1) is 9.33. The summed E-state index contributed by atoms with van der Waals surface area (Å²) in [4.78, 5) is 0. The van der Waals surface area contributed by atoms with Gasteiger partial charge in [-0.25, -0.2) is 0 Å². The van der Waals surface area contributed by atoms with Crippen molar-refractivity contribution in [3.8, 4) is 0 Å². The maximum absolute atomic E-state index is 5.23. The molecule has 0 aromatic heterocycles. The molecule has 1 N–H and O–H groups in total. The molecule has 2 heteroatoms. The third-order valence-electron chi connectivity index (χ3n) is 1.96. The maximum Gasteiger partial charge on any atom is 0.0997 e. The Labute approximate surface area is 74.3 Å². The largest absolute Gasteiger partial charge is 0.500 e. The predicted octanol–water partition coefficient (Wildman–Crippen LogP) is 1.70. The minimum atomic E-state index is 0.364. The van der Waals surface area contributed by atoms with Crippen molar-refractivity contribution in [2.75, 3.05) is 20.2 Å². The standard InChI is InChI=1S/C10H17NO/c1-10(5-6-10)4-3-8-12-9-7-11-2/h3,5-6,8,11H,4,7,9H2,1-2H3/b8-3+. The van der Waals surface area contributed by atoms with Gasteiger partial charge < -0.3 is 10.1 Å². The molecule has 0 amide bonds. The molecule has 0 aromatic rings. The van der Waals surface area contributed by atoms with Gasteiger partial charge in [-0.2, -0.15) is 0 Å². The van der Waals surface area contributed by atoms with Crippen LogP contribution >= 0.6 is 0 Å². The highest BCUT2D eigenvalue weighted by Gasteiger charge is 2.25. The van der Waals surface area contributed by atoms with Gasteiger partial charge in [-0.05, 0) is 19.5 Å². The van der Waals surface area contributed by atoms with E-state index in [1.54, 1.807) is 6.26 Å². The molecule has 0 heterocycles. The average molecular weight is 167 g/mol. The number of nitrogens with one attached hydrogen (secondary N) is 1. The van der Waals surface area contributed by atoms with Crippen LogP contribution in [-0.4, -0.2) is 20.2 Å². The first-order valence-corrected chi connectivity index (χ1v) is 4.38. The van der Waals surface area contributed by atoms with Gasteiger partial charge in [0, 0.05) is 12.0 Å². The molecule has 0 saturated carbocycles. The summed E-state index contributed by atoms with van der Waals surface area (Å²) < 4.78 is 5.23. The van der Waals surface area contributed by atoms with Crippen LogP contribution in [0, 0.1) is 5.41 Å². The topological polar surface area (TPSA) is 21.3 Å². The number of hydrogen-bond acceptors (Lipinski definition) is 2. The Bertz CT molecular complexity index is 178. The van der Waals surface area contributed by atoms with E-state index in [1.807, 2.05) is 7.05 Å². The lowest BCUT2D eigenvalue weighted by Gasteiger charge is -2.03. The van der Waals surface area contributed by atoms with E-state index in [1.165, 1.54) is 0 Å². The van der Waals surface area contributed by atoms with Gasteiger partial charge in [0.25, 0.3) is 0 Å². The second-order valence-electron chi connectivity index (χ2n) is 3.39. The van der Waals surface area contributed by atoms with Crippen molar-refractivity contribution < 1.29 is 4.74 Å². The third kappa shape index (κ3) is 3.58. The first-order valence-electron chi connectivity index (χ1n) is 4.38. The molecule has 1 aliphatic carbocycles. The fourth-order valence-corrected chi connectivity index (χ4v) is 0.877. The summed E-state index contributed by atoms with van der Waals surface area (Å²) in [5, 5.41) is 3.02. The minimum Gasteiger partial charge on any atom is -0.500 e. The Morgan fingerprint density at radius 3 is 2.83 bits per heavy atom. The quantitative estimate of drug-likeness (QED) is 0.369. The van der Waals surface area contributed by atoms with Crippen LogP contribution in [0.2, 0.25) is 0 Å². The molecule has 68 valence electrons. The van der Waals surface area contributed by atoms with Gasteiger partial charge in [-0.15, -0.1) is 0 Å². The van der Waals surface area contributed by atoms with Crippen LogP contribution in [0.15, 0.2) is 24.5 Å². The van der Waals surface area contributed by atoms with Crippen molar-refractivity contribution in [3.63, 3.8) is 0 Å². The molecule has 0 aromatic carbocycles. The third-order valence-corrected chi connectivity index (χ3v) is 1.96. The van der Waals surface area contributed by atoms with Crippen LogP contribution in [0.25, 0.3) is 0 Å². The van der Waals surface area contributed by atoms with Crippen molar-refractivity contribution in [2.24, 2.45) is 5.41 Å². The summed E-state index contributed by atoms with van der Waals surface area (Å²) in [7, 11) is 1.92. The molecule has 1 aliphatic rings. The smallest absolute Gasteiger partial charge is 0.0997 e. The lowest BCUT2D eigenvalue weighted by Crippen LogP contribution is -2.12. The monoisotopic (exact) mass is 167 g/mol. The van der Waals surface area contributed by atoms with Gasteiger partial charge in [0.05, 0.1) is 12.9 Å². The van der Waals surface area contributed by atoms with Gasteiger partial charge in [0.15, 0.2) is 0 Å². The van der Waals surface area contributed by atoms with Gasteiger partial charge in [-0.1, -0.05) is 19.1 Å². The predicted molar refractivity (Wildman–Crippen MR) is 50.9 cm³/mol. The molecule has 0 fully saturated rings. The minimum absolute atomic E-state index is 0.364. The maximum atomic E-state index is 5.23. The van der Waals surface area contributed by atoms with Crippen LogP contribution in [0.4, 0.5) is 0 Å². The number of ether oxygens (including phenoxy) is 1. The van der Waals surface area contributed by atoms with E-state index < -0.39 is 0 Å². The highest BCUT2D eigenvalue weighted by Crippen LogP contribution is 2.37. The molecule has 2 nitrogen and oxygen atoms in total. The fourth-order valence-electron chi connectivity index (χ4n) is 0.877. The number of allylic oxidation sites excluding steroid dienone is 3. The summed E-state index contributed by atoms with van der Waals surface area (Å²) in [5.74, 6) is 0. The molecule has 0 saturated heterocycles. The molecule has 0 bridgehead atoms. The van der Waals surface area contributed by atoms with E-state index in [9.17, 15) is 0 Å². The van der Waals surface area contributed by atoms with Crippen molar-refractivity contribution in [3.05, 3.63) is 24.5 Å². The van der Waals surface area contributed by atoms with Crippen molar-refractivity contribution in [2.45, 2.75) is 13.3 Å². The Kier molecular flexibility index (Phi) is 3.35. The normalized spacial score (nSPS) is 18.5. The Morgan fingerprint density at radius 1 is 1.50 bits per heavy atom. The fraction of sp³-hybridized carbons (Fsp3) is 0.600. The molecular formula is C10H17NO. The van der Waals surface area contributed by atoms with E-state index in [2.05, 4.69) is 30.5 Å². The highest BCUT2D eigenvalue weighted by molar-refractivity contribution is 5.25. The molecule has 0 aliphatic heterocycles. The van der Waals surface area contributed by atoms with Crippen molar-refractivity contribution in [1.82, 2.24) is 5.32 Å². The second-order valence-corrected chi connectivity index (χ2v) is 3.39. The molecular weight excluding hydrogens is 150 g/mol. The molecule has 0 unspecified atom stereocenters. The Balaban J connectivity index is 1.92. The zero-order chi connectivity index (χ0) is 8.86. The van der Waals surface area contributed by atoms with Gasteiger partial charge in [0.1, 0.15) is 0 Å². The summed E-state index contributed by atoms with van der Waals surface area (Å²) in [6, 6.07) is 0. The molecule has 0 atom stereocenters. The van der Waals surface area contributed by atoms with Crippen LogP contribution < -0.4 is 5.32 Å². The second kappa shape index (κ2) is 4.31. The molecule has 12 heavy (non-hydrogen) atoms. The number of likely N-dealkylation sites (N-methyl/N-ethyl adjacent to an activating group) is 1. The van der Waals surface area contributed by atoms with Gasteiger partial charge >= 0.3 is 0 Å². The zero-order valence-electron chi connectivity index (χ0n) is 7.84. The number of rotatable bonds is 6. The van der Waals surface area contributed by atoms with E-state index >= 15 is 0 Å². The lowest BCUT2D eigenvalue weighted by atomic mass is 10.0. The molecule has 1 rings (SSSR count). The Hall–Kier alpha value is -0.760. The molecule has 0 spiro atoms. The zero-order valence-corrected chi connectivity index (χ0v) is 7.84. The summed E-state index contributed by atoms with van der Waals surface area (Å²) in [5.41, 5.74) is 0.364. The van der Waals surface area contributed by atoms with E-state index in [0.29, 0.717) is 5.41 Å². The van der Waals surface area contributed by atoms with Crippen LogP contribution in [0.1, 0.15) is 13.3 Å². The summed E-state index contributed by atoms with van der Waals surface area (Å²) in [6.45, 7) is 3.86. The summed E-state index contributed by atoms with van der Waals surface area (Å²) >= 11 is 0. The first-order chi connectivity index (χ1) is 5.77. The van der Waals surface area contributed by atoms with Gasteiger partial charge in [0.2, 0.25) is 0 Å². The van der Waals surface area contributed by atoms with Crippen molar-refractivity contribution in [1.29, 1.82) is 0 Å². The average Bonchev–Trinajstić information content (AvgIpc) is 2.77. The van der Waals surface area contributed by atoms with E-state index in [0.717, 1.165) is 19.6 Å². The summed E-state index contributed by atoms with van der Waals surface area (Å²) in [6.07, 6.45) is 9.36.